The van der Waals surface area contributed by atoms with Gasteiger partial charge in [0.25, 0.3) is 0 Å². The van der Waals surface area contributed by atoms with E-state index in [0.717, 1.165) is 116 Å². The second-order valence-corrected chi connectivity index (χ2v) is 19.6. The van der Waals surface area contributed by atoms with Gasteiger partial charge in [0.1, 0.15) is 19.8 Å². The van der Waals surface area contributed by atoms with Crippen LogP contribution in [0.4, 0.5) is 0 Å². The molecule has 0 saturated carbocycles. The highest BCUT2D eigenvalue weighted by atomic mass is 31.2. The van der Waals surface area contributed by atoms with Crippen LogP contribution in [0.3, 0.4) is 0 Å². The normalized spacial score (nSPS) is 14.4. The molecule has 0 fully saturated rings. The predicted molar refractivity (Wildman–Crippen MR) is 288 cm³/mol. The monoisotopic (exact) mass is 967 g/mol. The van der Waals surface area contributed by atoms with E-state index in [1.54, 1.807) is 0 Å². The van der Waals surface area contributed by atoms with Gasteiger partial charge in [-0.05, 0) is 109 Å². The number of phosphoric acid groups is 1. The number of ether oxygens (including phenoxy) is 2. The van der Waals surface area contributed by atoms with Crippen molar-refractivity contribution in [3.8, 4) is 0 Å². The molecule has 0 aromatic heterocycles. The van der Waals surface area contributed by atoms with Crippen LogP contribution in [0.15, 0.2) is 122 Å². The summed E-state index contributed by atoms with van der Waals surface area (Å²) < 4.78 is 34.4. The number of carbonyl (C=O) groups is 2. The van der Waals surface area contributed by atoms with Crippen LogP contribution in [0.1, 0.15) is 181 Å². The zero-order valence-electron chi connectivity index (χ0n) is 43.5. The lowest BCUT2D eigenvalue weighted by Crippen LogP contribution is -2.37. The number of quaternary nitrogens is 1. The molecule has 0 spiro atoms. The Morgan fingerprint density at radius 3 is 1.26 bits per heavy atom. The van der Waals surface area contributed by atoms with Gasteiger partial charge in [-0.15, -0.1) is 0 Å². The predicted octanol–water partition coefficient (Wildman–Crippen LogP) is 16.0. The molecule has 0 amide bonds. The van der Waals surface area contributed by atoms with Crippen LogP contribution in [-0.4, -0.2) is 74.9 Å². The number of likely N-dealkylation sites (N-methyl/N-ethyl adjacent to an activating group) is 1. The van der Waals surface area contributed by atoms with Crippen LogP contribution in [0.5, 0.6) is 0 Å². The lowest BCUT2D eigenvalue weighted by atomic mass is 10.1. The zero-order valence-corrected chi connectivity index (χ0v) is 44.4. The Morgan fingerprint density at radius 1 is 0.471 bits per heavy atom. The maximum absolute atomic E-state index is 12.8. The Bertz CT molecular complexity index is 1560. The number of rotatable bonds is 46. The van der Waals surface area contributed by atoms with Gasteiger partial charge >= 0.3 is 19.8 Å². The van der Waals surface area contributed by atoms with E-state index in [0.29, 0.717) is 23.9 Å². The molecule has 1 N–H and O–H groups in total. The molecular formula is C58H97NO8P+. The van der Waals surface area contributed by atoms with Gasteiger partial charge in [-0.1, -0.05) is 180 Å². The van der Waals surface area contributed by atoms with E-state index in [1.807, 2.05) is 21.1 Å². The van der Waals surface area contributed by atoms with Gasteiger partial charge in [-0.2, -0.15) is 0 Å². The average Bonchev–Trinajstić information content (AvgIpc) is 3.30. The molecule has 0 radical (unpaired) electrons. The molecule has 0 heterocycles. The molecule has 10 heteroatoms. The largest absolute Gasteiger partial charge is 0.472 e. The molecule has 0 aliphatic rings. The second kappa shape index (κ2) is 48.4. The van der Waals surface area contributed by atoms with E-state index in [-0.39, 0.29) is 26.1 Å². The first kappa shape index (κ1) is 64.4. The summed E-state index contributed by atoms with van der Waals surface area (Å²) in [6.07, 6.45) is 68.2. The molecule has 386 valence electrons. The fourth-order valence-corrected chi connectivity index (χ4v) is 7.15. The van der Waals surface area contributed by atoms with E-state index in [1.165, 1.54) is 25.7 Å². The lowest BCUT2D eigenvalue weighted by Gasteiger charge is -2.24. The summed E-state index contributed by atoms with van der Waals surface area (Å²) in [5, 5.41) is 0. The van der Waals surface area contributed by atoms with Crippen molar-refractivity contribution in [2.24, 2.45) is 0 Å². The zero-order chi connectivity index (χ0) is 49.9. The van der Waals surface area contributed by atoms with Crippen LogP contribution in [0, 0.1) is 0 Å². The first-order chi connectivity index (χ1) is 33.0. The van der Waals surface area contributed by atoms with Crippen molar-refractivity contribution in [2.75, 3.05) is 47.5 Å². The van der Waals surface area contributed by atoms with Crippen LogP contribution in [0.2, 0.25) is 0 Å². The summed E-state index contributed by atoms with van der Waals surface area (Å²) in [4.78, 5) is 35.6. The molecule has 0 aliphatic heterocycles. The number of nitrogens with zero attached hydrogens (tertiary/aromatic N) is 1. The lowest BCUT2D eigenvalue weighted by molar-refractivity contribution is -0.870. The van der Waals surface area contributed by atoms with E-state index >= 15 is 0 Å². The van der Waals surface area contributed by atoms with Crippen molar-refractivity contribution in [3.63, 3.8) is 0 Å². The van der Waals surface area contributed by atoms with E-state index in [9.17, 15) is 19.0 Å². The van der Waals surface area contributed by atoms with Crippen molar-refractivity contribution < 1.29 is 42.1 Å². The standard InChI is InChI=1S/C58H96NO8P/c1-6-8-10-12-14-16-18-20-22-24-26-27-28-29-30-31-33-35-37-39-41-43-45-47-49-51-58(61)67-56(55-66-68(62,63)65-53-52-59(3,4)5)54-64-57(60)50-48-46-44-42-40-38-36-34-32-25-23-21-19-17-15-13-11-9-7-2/h8,10,14-17,20-23,26-27,29-30,32-35,39,41,56H,6-7,9,11-13,18-19,24-25,28,31,36-38,40,42-55H2,1-5H3/p+1/b10-8-,16-14-,17-15-,22-20-,23-21-,27-26-,30-29-,34-32-,35-33-,41-39-. The minimum atomic E-state index is -4.41. The Hall–Kier alpha value is -3.59. The van der Waals surface area contributed by atoms with Gasteiger partial charge < -0.3 is 18.9 Å². The summed E-state index contributed by atoms with van der Waals surface area (Å²) in [6.45, 7) is 4.21. The molecule has 0 aliphatic carbocycles. The van der Waals surface area contributed by atoms with Crippen molar-refractivity contribution in [3.05, 3.63) is 122 Å². The quantitative estimate of drug-likeness (QED) is 0.0211. The maximum Gasteiger partial charge on any atom is 0.472 e. The third-order valence-corrected chi connectivity index (χ3v) is 11.5. The number of hydrogen-bond donors (Lipinski definition) is 1. The second-order valence-electron chi connectivity index (χ2n) is 18.2. The van der Waals surface area contributed by atoms with Gasteiger partial charge in [-0.25, -0.2) is 4.57 Å². The van der Waals surface area contributed by atoms with Crippen LogP contribution < -0.4 is 0 Å². The molecule has 0 rings (SSSR count). The minimum Gasteiger partial charge on any atom is -0.462 e. The molecular weight excluding hydrogens is 870 g/mol. The summed E-state index contributed by atoms with van der Waals surface area (Å²) in [7, 11) is 1.42. The summed E-state index contributed by atoms with van der Waals surface area (Å²) in [5.41, 5.74) is 0. The SMILES string of the molecule is CC/C=C\C/C=C\C/C=C\C/C=C\C/C=C\C/C=C\C/C=C\CCCCCC(=O)OC(COC(=O)CCCCCCCC/C=C\C/C=C\C/C=C\CCCCC)COP(=O)(O)OCC[N+](C)(C)C. The molecule has 68 heavy (non-hydrogen) atoms. The third-order valence-electron chi connectivity index (χ3n) is 10.5. The van der Waals surface area contributed by atoms with E-state index in [4.69, 9.17) is 18.5 Å². The highest BCUT2D eigenvalue weighted by Crippen LogP contribution is 2.43. The number of carbonyl (C=O) groups excluding carboxylic acids is 2. The van der Waals surface area contributed by atoms with Crippen LogP contribution in [0.25, 0.3) is 0 Å². The average molecular weight is 967 g/mol. The van der Waals surface area contributed by atoms with Gasteiger partial charge in [-0.3, -0.25) is 18.6 Å². The smallest absolute Gasteiger partial charge is 0.462 e. The van der Waals surface area contributed by atoms with Crippen LogP contribution >= 0.6 is 7.82 Å². The highest BCUT2D eigenvalue weighted by Gasteiger charge is 2.27. The molecule has 0 aromatic rings. The fourth-order valence-electron chi connectivity index (χ4n) is 6.41. The molecule has 0 bridgehead atoms. The van der Waals surface area contributed by atoms with Crippen molar-refractivity contribution in [1.29, 1.82) is 0 Å². The molecule has 0 aromatic carbocycles. The molecule has 0 saturated heterocycles. The number of unbranched alkanes of at least 4 members (excludes halogenated alkanes) is 12. The molecule has 2 atom stereocenters. The van der Waals surface area contributed by atoms with Gasteiger partial charge in [0, 0.05) is 12.8 Å². The van der Waals surface area contributed by atoms with Crippen molar-refractivity contribution >= 4 is 19.8 Å². The third kappa shape index (κ3) is 51.8. The topological polar surface area (TPSA) is 108 Å². The van der Waals surface area contributed by atoms with Gasteiger partial charge in [0.15, 0.2) is 6.10 Å². The Balaban J connectivity index is 4.39. The Kier molecular flexibility index (Phi) is 45.9. The number of esters is 2. The van der Waals surface area contributed by atoms with Gasteiger partial charge in [0.05, 0.1) is 27.7 Å². The molecule has 2 unspecified atom stereocenters. The Labute approximate surface area is 416 Å². The minimum absolute atomic E-state index is 0.0149. The molecule has 9 nitrogen and oxygen atoms in total. The Morgan fingerprint density at radius 2 is 0.838 bits per heavy atom. The van der Waals surface area contributed by atoms with E-state index < -0.39 is 32.5 Å². The van der Waals surface area contributed by atoms with Crippen LogP contribution in [-0.2, 0) is 32.7 Å². The summed E-state index contributed by atoms with van der Waals surface area (Å²) in [5.74, 6) is -0.862. The first-order valence-electron chi connectivity index (χ1n) is 26.3. The number of phosphoric ester groups is 1. The summed E-state index contributed by atoms with van der Waals surface area (Å²) in [6, 6.07) is 0. The van der Waals surface area contributed by atoms with Gasteiger partial charge in [0.2, 0.25) is 0 Å². The summed E-state index contributed by atoms with van der Waals surface area (Å²) >= 11 is 0. The fraction of sp³-hybridized carbons (Fsp3) is 0.621. The van der Waals surface area contributed by atoms with Crippen molar-refractivity contribution in [2.45, 2.75) is 187 Å². The highest BCUT2D eigenvalue weighted by molar-refractivity contribution is 7.47. The van der Waals surface area contributed by atoms with E-state index in [2.05, 4.69) is 135 Å². The maximum atomic E-state index is 12.8. The first-order valence-corrected chi connectivity index (χ1v) is 27.8. The van der Waals surface area contributed by atoms with Crippen molar-refractivity contribution in [1.82, 2.24) is 0 Å². The number of allylic oxidation sites excluding steroid dienone is 20. The number of hydrogen-bond acceptors (Lipinski definition) is 7.